The number of piperidine rings is 1. The highest BCUT2D eigenvalue weighted by atomic mass is 32.2. The van der Waals surface area contributed by atoms with Gasteiger partial charge in [-0.2, -0.15) is 0 Å². The lowest BCUT2D eigenvalue weighted by molar-refractivity contribution is 0.0996. The summed E-state index contributed by atoms with van der Waals surface area (Å²) < 4.78 is 0. The normalized spacial score (nSPS) is 16.3. The quantitative estimate of drug-likeness (QED) is 0.703. The van der Waals surface area contributed by atoms with Gasteiger partial charge in [0, 0.05) is 13.1 Å². The van der Waals surface area contributed by atoms with E-state index in [1.54, 1.807) is 18.0 Å². The number of amides is 1. The molecule has 3 N–H and O–H groups in total. The highest BCUT2D eigenvalue weighted by Gasteiger charge is 2.18. The highest BCUT2D eigenvalue weighted by Crippen LogP contribution is 2.24. The van der Waals surface area contributed by atoms with Crippen molar-refractivity contribution in [3.63, 3.8) is 0 Å². The molecule has 0 saturated carbocycles. The highest BCUT2D eigenvalue weighted by molar-refractivity contribution is 8.02. The molecule has 2 heterocycles. The fourth-order valence-corrected chi connectivity index (χ4v) is 3.28. The van der Waals surface area contributed by atoms with Gasteiger partial charge in [0.05, 0.1) is 11.2 Å². The third kappa shape index (κ3) is 5.24. The Bertz CT molecular complexity index is 708. The molecule has 0 unspecified atom stereocenters. The Morgan fingerprint density at radius 2 is 2.04 bits per heavy atom. The molecule has 0 bridgehead atoms. The smallest absolute Gasteiger partial charge is 0.271 e. The third-order valence-electron chi connectivity index (χ3n) is 4.69. The van der Waals surface area contributed by atoms with E-state index in [2.05, 4.69) is 47.0 Å². The van der Waals surface area contributed by atoms with Crippen molar-refractivity contribution in [1.29, 1.82) is 0 Å². The molecule has 26 heavy (non-hydrogen) atoms. The molecule has 0 spiro atoms. The van der Waals surface area contributed by atoms with Crippen LogP contribution in [0.4, 0.5) is 11.6 Å². The van der Waals surface area contributed by atoms with Gasteiger partial charge < -0.3 is 16.0 Å². The predicted molar refractivity (Wildman–Crippen MR) is 110 cm³/mol. The van der Waals surface area contributed by atoms with E-state index in [1.165, 1.54) is 17.6 Å². The number of rotatable bonds is 7. The standard InChI is InChI=1S/C19H29N5OS/c1-5-13(2)14(3)11-16(26-4)23-19-17(18(20)25)21-12-15(22-19)24-9-7-6-8-10-24/h11-12H,5-10H2,1-4H3,(H2,20,25)(H,22,23)/b14-13+,16-11-. The maximum Gasteiger partial charge on any atom is 0.271 e. The molecular formula is C19H29N5OS. The van der Waals surface area contributed by atoms with Crippen LogP contribution >= 0.6 is 11.8 Å². The number of nitrogens with two attached hydrogens (primary N) is 1. The minimum absolute atomic E-state index is 0.166. The largest absolute Gasteiger partial charge is 0.364 e. The van der Waals surface area contributed by atoms with Crippen molar-refractivity contribution in [1.82, 2.24) is 9.97 Å². The zero-order valence-electron chi connectivity index (χ0n) is 16.1. The van der Waals surface area contributed by atoms with Crippen LogP contribution in [-0.4, -0.2) is 35.2 Å². The van der Waals surface area contributed by atoms with Crippen LogP contribution < -0.4 is 16.0 Å². The SMILES string of the molecule is CC/C(C)=C(C)/C=C(/Nc1nc(N2CCCCC2)cnc1C(N)=O)SC. The molecule has 1 fully saturated rings. The number of carbonyl (C=O) groups is 1. The number of aromatic nitrogens is 2. The first-order chi connectivity index (χ1) is 12.5. The van der Waals surface area contributed by atoms with E-state index in [1.807, 2.05) is 6.26 Å². The number of anilines is 2. The number of nitrogens with one attached hydrogen (secondary N) is 1. The van der Waals surface area contributed by atoms with Gasteiger partial charge in [-0.05, 0) is 57.4 Å². The van der Waals surface area contributed by atoms with Gasteiger partial charge in [0.1, 0.15) is 5.82 Å². The van der Waals surface area contributed by atoms with Crippen LogP contribution in [0.1, 0.15) is 56.9 Å². The molecule has 1 saturated heterocycles. The summed E-state index contributed by atoms with van der Waals surface area (Å²) in [6, 6.07) is 0. The monoisotopic (exact) mass is 375 g/mol. The molecular weight excluding hydrogens is 346 g/mol. The number of hydrogen-bond donors (Lipinski definition) is 2. The van der Waals surface area contributed by atoms with Gasteiger partial charge >= 0.3 is 0 Å². The Morgan fingerprint density at radius 1 is 1.35 bits per heavy atom. The Balaban J connectivity index is 2.35. The average Bonchev–Trinajstić information content (AvgIpc) is 2.67. The Kier molecular flexibility index (Phi) is 7.50. The molecule has 1 aliphatic heterocycles. The van der Waals surface area contributed by atoms with Gasteiger partial charge in [0.25, 0.3) is 5.91 Å². The Hall–Kier alpha value is -2.02. The second-order valence-electron chi connectivity index (χ2n) is 6.49. The molecule has 1 amide bonds. The van der Waals surface area contributed by atoms with Gasteiger partial charge in [-0.15, -0.1) is 11.8 Å². The molecule has 6 nitrogen and oxygen atoms in total. The summed E-state index contributed by atoms with van der Waals surface area (Å²) in [5, 5.41) is 4.16. The average molecular weight is 376 g/mol. The molecule has 142 valence electrons. The molecule has 0 aliphatic carbocycles. The lowest BCUT2D eigenvalue weighted by Gasteiger charge is -2.28. The maximum absolute atomic E-state index is 11.8. The first-order valence-corrected chi connectivity index (χ1v) is 10.3. The number of allylic oxidation sites excluding steroid dienone is 3. The Labute approximate surface area is 160 Å². The van der Waals surface area contributed by atoms with Crippen molar-refractivity contribution in [2.45, 2.75) is 46.5 Å². The summed E-state index contributed by atoms with van der Waals surface area (Å²) in [4.78, 5) is 22.9. The van der Waals surface area contributed by atoms with Crippen LogP contribution in [0.5, 0.6) is 0 Å². The van der Waals surface area contributed by atoms with Crippen LogP contribution in [0.15, 0.2) is 28.4 Å². The van der Waals surface area contributed by atoms with E-state index in [4.69, 9.17) is 5.73 Å². The van der Waals surface area contributed by atoms with E-state index in [9.17, 15) is 4.79 Å². The van der Waals surface area contributed by atoms with Crippen LogP contribution in [0.3, 0.4) is 0 Å². The number of nitrogens with zero attached hydrogens (tertiary/aromatic N) is 3. The van der Waals surface area contributed by atoms with Gasteiger partial charge in [0.15, 0.2) is 11.5 Å². The number of thioether (sulfide) groups is 1. The summed E-state index contributed by atoms with van der Waals surface area (Å²) in [6.45, 7) is 8.27. The van der Waals surface area contributed by atoms with Crippen LogP contribution in [-0.2, 0) is 0 Å². The lowest BCUT2D eigenvalue weighted by atomic mass is 10.1. The topological polar surface area (TPSA) is 84.1 Å². The van der Waals surface area contributed by atoms with Crippen molar-refractivity contribution in [3.8, 4) is 0 Å². The fraction of sp³-hybridized carbons (Fsp3) is 0.526. The zero-order valence-corrected chi connectivity index (χ0v) is 16.9. The van der Waals surface area contributed by atoms with Crippen LogP contribution in [0.25, 0.3) is 0 Å². The summed E-state index contributed by atoms with van der Waals surface area (Å²) in [5.74, 6) is 0.625. The summed E-state index contributed by atoms with van der Waals surface area (Å²) in [6.07, 6.45) is 10.3. The second kappa shape index (κ2) is 9.62. The fourth-order valence-electron chi connectivity index (χ4n) is 2.78. The van der Waals surface area contributed by atoms with E-state index < -0.39 is 5.91 Å². The van der Waals surface area contributed by atoms with Crippen molar-refractivity contribution < 1.29 is 4.79 Å². The van der Waals surface area contributed by atoms with Gasteiger partial charge in [-0.25, -0.2) is 9.97 Å². The molecule has 0 aromatic carbocycles. The van der Waals surface area contributed by atoms with E-state index >= 15 is 0 Å². The van der Waals surface area contributed by atoms with E-state index in [0.717, 1.165) is 43.2 Å². The third-order valence-corrected chi connectivity index (χ3v) is 5.35. The molecule has 1 aromatic rings. The van der Waals surface area contributed by atoms with Crippen molar-refractivity contribution >= 4 is 29.3 Å². The lowest BCUT2D eigenvalue weighted by Crippen LogP contribution is -2.31. The minimum Gasteiger partial charge on any atom is -0.364 e. The summed E-state index contributed by atoms with van der Waals surface area (Å²) >= 11 is 1.57. The van der Waals surface area contributed by atoms with Gasteiger partial charge in [0.2, 0.25) is 0 Å². The number of carbonyl (C=O) groups excluding carboxylic acids is 1. The first kappa shape index (κ1) is 20.3. The summed E-state index contributed by atoms with van der Waals surface area (Å²) in [7, 11) is 0. The number of primary amides is 1. The molecule has 1 aliphatic rings. The van der Waals surface area contributed by atoms with Crippen molar-refractivity contribution in [2.24, 2.45) is 5.73 Å². The number of hydrogen-bond acceptors (Lipinski definition) is 6. The van der Waals surface area contributed by atoms with E-state index in [-0.39, 0.29) is 5.69 Å². The van der Waals surface area contributed by atoms with E-state index in [0.29, 0.717) is 5.82 Å². The molecule has 0 radical (unpaired) electrons. The minimum atomic E-state index is -0.581. The van der Waals surface area contributed by atoms with Crippen molar-refractivity contribution in [2.75, 3.05) is 29.6 Å². The van der Waals surface area contributed by atoms with Crippen LogP contribution in [0.2, 0.25) is 0 Å². The van der Waals surface area contributed by atoms with Gasteiger partial charge in [-0.1, -0.05) is 12.5 Å². The molecule has 1 aromatic heterocycles. The molecule has 7 heteroatoms. The predicted octanol–water partition coefficient (Wildman–Crippen LogP) is 3.93. The van der Waals surface area contributed by atoms with Gasteiger partial charge in [-0.3, -0.25) is 4.79 Å². The first-order valence-electron chi connectivity index (χ1n) is 9.07. The second-order valence-corrected chi connectivity index (χ2v) is 7.34. The van der Waals surface area contributed by atoms with Crippen LogP contribution in [0, 0.1) is 0 Å². The Morgan fingerprint density at radius 3 is 2.62 bits per heavy atom. The molecule has 2 rings (SSSR count). The molecule has 0 atom stereocenters. The summed E-state index contributed by atoms with van der Waals surface area (Å²) in [5.41, 5.74) is 8.19. The maximum atomic E-state index is 11.8. The zero-order chi connectivity index (χ0) is 19.1. The van der Waals surface area contributed by atoms with Crippen molar-refractivity contribution in [3.05, 3.63) is 34.1 Å².